The highest BCUT2D eigenvalue weighted by Crippen LogP contribution is 2.17. The molecule has 0 aromatic heterocycles. The molecule has 130 valence electrons. The topological polar surface area (TPSA) is 45.7 Å². The molecule has 0 aliphatic carbocycles. The summed E-state index contributed by atoms with van der Waals surface area (Å²) in [5.41, 5.74) is 3.71. The lowest BCUT2D eigenvalue weighted by atomic mass is 10.1. The van der Waals surface area contributed by atoms with Crippen LogP contribution in [0.5, 0.6) is 5.75 Å². The van der Waals surface area contributed by atoms with Crippen LogP contribution < -0.4 is 15.4 Å². The molecule has 4 nitrogen and oxygen atoms in total. The number of para-hydroxylation sites is 1. The molecule has 0 saturated heterocycles. The Bertz CT molecular complexity index is 659. The molecule has 0 saturated carbocycles. The van der Waals surface area contributed by atoms with Gasteiger partial charge in [-0.15, -0.1) is 24.0 Å². The molecule has 0 atom stereocenters. The van der Waals surface area contributed by atoms with Crippen molar-refractivity contribution in [2.75, 3.05) is 20.7 Å². The van der Waals surface area contributed by atoms with Gasteiger partial charge in [0.25, 0.3) is 0 Å². The molecule has 0 amide bonds. The number of halogens is 1. The Labute approximate surface area is 161 Å². The minimum atomic E-state index is 0. The van der Waals surface area contributed by atoms with Crippen LogP contribution in [0.4, 0.5) is 0 Å². The van der Waals surface area contributed by atoms with Crippen LogP contribution in [0.3, 0.4) is 0 Å². The van der Waals surface area contributed by atoms with Gasteiger partial charge in [0, 0.05) is 20.1 Å². The van der Waals surface area contributed by atoms with Gasteiger partial charge < -0.3 is 15.4 Å². The third kappa shape index (κ3) is 6.39. The zero-order valence-corrected chi connectivity index (χ0v) is 16.8. The number of methoxy groups -OCH3 is 1. The summed E-state index contributed by atoms with van der Waals surface area (Å²) in [6, 6.07) is 16.6. The number of benzene rings is 2. The number of aliphatic imine (C=N–C) groups is 1. The Morgan fingerprint density at radius 3 is 2.58 bits per heavy atom. The van der Waals surface area contributed by atoms with Gasteiger partial charge in [-0.25, -0.2) is 0 Å². The van der Waals surface area contributed by atoms with Crippen molar-refractivity contribution in [2.24, 2.45) is 4.99 Å². The number of nitrogens with one attached hydrogen (secondary N) is 2. The van der Waals surface area contributed by atoms with E-state index in [0.717, 1.165) is 31.2 Å². The van der Waals surface area contributed by atoms with E-state index in [-0.39, 0.29) is 24.0 Å². The second-order valence-corrected chi connectivity index (χ2v) is 5.40. The Morgan fingerprint density at radius 1 is 1.08 bits per heavy atom. The fraction of sp³-hybridized carbons (Fsp3) is 0.316. The number of aryl methyl sites for hydroxylation is 1. The summed E-state index contributed by atoms with van der Waals surface area (Å²) >= 11 is 0. The van der Waals surface area contributed by atoms with Crippen molar-refractivity contribution in [3.05, 3.63) is 65.2 Å². The predicted molar refractivity (Wildman–Crippen MR) is 111 cm³/mol. The maximum absolute atomic E-state index is 5.37. The van der Waals surface area contributed by atoms with E-state index in [0.29, 0.717) is 0 Å². The van der Waals surface area contributed by atoms with Crippen molar-refractivity contribution >= 4 is 29.9 Å². The number of guanidine groups is 1. The summed E-state index contributed by atoms with van der Waals surface area (Å²) in [6.07, 6.45) is 0.884. The molecule has 0 heterocycles. The average molecular weight is 439 g/mol. The number of nitrogens with zero attached hydrogens (tertiary/aromatic N) is 1. The van der Waals surface area contributed by atoms with Gasteiger partial charge in [0.15, 0.2) is 5.96 Å². The summed E-state index contributed by atoms with van der Waals surface area (Å²) in [7, 11) is 3.49. The van der Waals surface area contributed by atoms with Crippen LogP contribution >= 0.6 is 24.0 Å². The monoisotopic (exact) mass is 439 g/mol. The van der Waals surface area contributed by atoms with Gasteiger partial charge in [0.2, 0.25) is 0 Å². The van der Waals surface area contributed by atoms with Crippen LogP contribution in [-0.2, 0) is 13.0 Å². The summed E-state index contributed by atoms with van der Waals surface area (Å²) in [5.74, 6) is 1.73. The first kappa shape index (κ1) is 20.3. The standard InChI is InChI=1S/C19H25N3O.HI/c1-15-7-6-8-16(13-15)14-22-19(20-2)21-12-11-17-9-4-5-10-18(17)23-3;/h4-10,13H,11-12,14H2,1-3H3,(H2,20,21,22);1H. The van der Waals surface area contributed by atoms with Crippen LogP contribution in [0.2, 0.25) is 0 Å². The van der Waals surface area contributed by atoms with Crippen molar-refractivity contribution in [3.8, 4) is 5.75 Å². The second kappa shape index (κ2) is 10.9. The highest BCUT2D eigenvalue weighted by molar-refractivity contribution is 14.0. The second-order valence-electron chi connectivity index (χ2n) is 5.40. The molecule has 2 N–H and O–H groups in total. The molecular weight excluding hydrogens is 413 g/mol. The molecule has 0 fully saturated rings. The van der Waals surface area contributed by atoms with Crippen LogP contribution in [0.1, 0.15) is 16.7 Å². The Hall–Kier alpha value is -1.76. The molecule has 0 spiro atoms. The van der Waals surface area contributed by atoms with E-state index in [1.165, 1.54) is 16.7 Å². The lowest BCUT2D eigenvalue weighted by molar-refractivity contribution is 0.409. The van der Waals surface area contributed by atoms with Crippen molar-refractivity contribution in [3.63, 3.8) is 0 Å². The number of hydrogen-bond donors (Lipinski definition) is 2. The minimum Gasteiger partial charge on any atom is -0.496 e. The third-order valence-electron chi connectivity index (χ3n) is 3.65. The maximum atomic E-state index is 5.37. The van der Waals surface area contributed by atoms with Crippen molar-refractivity contribution < 1.29 is 4.74 Å². The molecule has 24 heavy (non-hydrogen) atoms. The highest BCUT2D eigenvalue weighted by atomic mass is 127. The van der Waals surface area contributed by atoms with Crippen molar-refractivity contribution in [2.45, 2.75) is 19.9 Å². The third-order valence-corrected chi connectivity index (χ3v) is 3.65. The molecule has 0 aliphatic rings. The summed E-state index contributed by atoms with van der Waals surface area (Å²) in [6.45, 7) is 3.66. The number of rotatable bonds is 6. The van der Waals surface area contributed by atoms with E-state index < -0.39 is 0 Å². The van der Waals surface area contributed by atoms with Crippen molar-refractivity contribution in [1.82, 2.24) is 10.6 Å². The molecule has 5 heteroatoms. The van der Waals surface area contributed by atoms with Crippen LogP contribution in [0.25, 0.3) is 0 Å². The first-order chi connectivity index (χ1) is 11.2. The largest absolute Gasteiger partial charge is 0.496 e. The lowest BCUT2D eigenvalue weighted by Gasteiger charge is -2.13. The molecule has 0 unspecified atom stereocenters. The smallest absolute Gasteiger partial charge is 0.191 e. The van der Waals surface area contributed by atoms with Crippen LogP contribution in [0, 0.1) is 6.92 Å². The Balaban J connectivity index is 0.00000288. The molecule has 2 aromatic carbocycles. The quantitative estimate of drug-likeness (QED) is 0.411. The van der Waals surface area contributed by atoms with Gasteiger partial charge in [0.1, 0.15) is 5.75 Å². The summed E-state index contributed by atoms with van der Waals surface area (Å²) in [4.78, 5) is 4.26. The molecular formula is C19H26IN3O. The van der Waals surface area contributed by atoms with E-state index in [9.17, 15) is 0 Å². The normalized spacial score (nSPS) is 10.7. The fourth-order valence-electron chi connectivity index (χ4n) is 2.45. The lowest BCUT2D eigenvalue weighted by Crippen LogP contribution is -2.37. The van der Waals surface area contributed by atoms with E-state index in [1.807, 2.05) is 18.2 Å². The van der Waals surface area contributed by atoms with E-state index in [4.69, 9.17) is 4.74 Å². The Kier molecular flexibility index (Phi) is 9.22. The zero-order valence-electron chi connectivity index (χ0n) is 14.5. The fourth-order valence-corrected chi connectivity index (χ4v) is 2.45. The number of ether oxygens (including phenoxy) is 1. The Morgan fingerprint density at radius 2 is 1.88 bits per heavy atom. The summed E-state index contributed by atoms with van der Waals surface area (Å²) in [5, 5.41) is 6.67. The molecule has 2 aromatic rings. The summed E-state index contributed by atoms with van der Waals surface area (Å²) < 4.78 is 5.37. The van der Waals surface area contributed by atoms with Gasteiger partial charge in [-0.3, -0.25) is 4.99 Å². The van der Waals surface area contributed by atoms with Gasteiger partial charge in [-0.2, -0.15) is 0 Å². The van der Waals surface area contributed by atoms with Crippen LogP contribution in [-0.4, -0.2) is 26.7 Å². The van der Waals surface area contributed by atoms with Gasteiger partial charge in [-0.1, -0.05) is 48.0 Å². The van der Waals surface area contributed by atoms with Gasteiger partial charge in [-0.05, 0) is 30.5 Å². The van der Waals surface area contributed by atoms with Crippen LogP contribution in [0.15, 0.2) is 53.5 Å². The predicted octanol–water partition coefficient (Wildman–Crippen LogP) is 3.53. The SMILES string of the molecule is CN=C(NCCc1ccccc1OC)NCc1cccc(C)c1.I. The molecule has 0 bridgehead atoms. The van der Waals surface area contributed by atoms with Gasteiger partial charge >= 0.3 is 0 Å². The van der Waals surface area contributed by atoms with E-state index in [2.05, 4.69) is 52.9 Å². The van der Waals surface area contributed by atoms with Crippen molar-refractivity contribution in [1.29, 1.82) is 0 Å². The van der Waals surface area contributed by atoms with Gasteiger partial charge in [0.05, 0.1) is 7.11 Å². The minimum absolute atomic E-state index is 0. The first-order valence-corrected chi connectivity index (χ1v) is 7.85. The van der Waals surface area contributed by atoms with E-state index >= 15 is 0 Å². The average Bonchev–Trinajstić information content (AvgIpc) is 2.58. The van der Waals surface area contributed by atoms with E-state index in [1.54, 1.807) is 14.2 Å². The zero-order chi connectivity index (χ0) is 16.5. The maximum Gasteiger partial charge on any atom is 0.191 e. The molecule has 0 radical (unpaired) electrons. The molecule has 0 aliphatic heterocycles. The molecule has 2 rings (SSSR count). The first-order valence-electron chi connectivity index (χ1n) is 7.85. The highest BCUT2D eigenvalue weighted by Gasteiger charge is 2.03. The number of hydrogen-bond acceptors (Lipinski definition) is 2.